The smallest absolute Gasteiger partial charge is 0.0983 e. The Morgan fingerprint density at radius 1 is 1.35 bits per heavy atom. The molecule has 0 aliphatic rings. The zero-order valence-electron chi connectivity index (χ0n) is 12.2. The van der Waals surface area contributed by atoms with Crippen LogP contribution in [0.3, 0.4) is 0 Å². The van der Waals surface area contributed by atoms with Crippen LogP contribution in [0.5, 0.6) is 0 Å². The molecule has 2 rings (SSSR count). The van der Waals surface area contributed by atoms with E-state index >= 15 is 0 Å². The van der Waals surface area contributed by atoms with Crippen LogP contribution in [-0.2, 0) is 13.6 Å². The van der Waals surface area contributed by atoms with E-state index in [4.69, 9.17) is 5.11 Å². The summed E-state index contributed by atoms with van der Waals surface area (Å²) in [5.74, 6) is 0. The summed E-state index contributed by atoms with van der Waals surface area (Å²) >= 11 is 0. The van der Waals surface area contributed by atoms with Gasteiger partial charge in [0.2, 0.25) is 0 Å². The molecular formula is C15H22N4O. The van der Waals surface area contributed by atoms with Gasteiger partial charge in [-0.3, -0.25) is 14.6 Å². The van der Waals surface area contributed by atoms with Gasteiger partial charge in [0.25, 0.3) is 0 Å². The van der Waals surface area contributed by atoms with E-state index in [1.807, 2.05) is 36.3 Å². The monoisotopic (exact) mass is 274 g/mol. The maximum atomic E-state index is 9.16. The van der Waals surface area contributed by atoms with Gasteiger partial charge in [-0.1, -0.05) is 6.92 Å². The van der Waals surface area contributed by atoms with Crippen LogP contribution >= 0.6 is 0 Å². The Morgan fingerprint density at radius 2 is 2.20 bits per heavy atom. The molecule has 0 amide bonds. The van der Waals surface area contributed by atoms with Gasteiger partial charge >= 0.3 is 0 Å². The van der Waals surface area contributed by atoms with E-state index in [0.717, 1.165) is 30.8 Å². The number of pyridine rings is 1. The maximum absolute atomic E-state index is 9.16. The quantitative estimate of drug-likeness (QED) is 0.834. The van der Waals surface area contributed by atoms with Crippen molar-refractivity contribution in [1.29, 1.82) is 0 Å². The number of hydrogen-bond acceptors (Lipinski definition) is 4. The summed E-state index contributed by atoms with van der Waals surface area (Å²) in [4.78, 5) is 6.41. The second-order valence-corrected chi connectivity index (χ2v) is 4.92. The van der Waals surface area contributed by atoms with Crippen molar-refractivity contribution in [3.8, 4) is 11.3 Å². The Hall–Kier alpha value is -1.72. The SMILES string of the molecule is CCCN(CCO)Cc1cn(C)nc1-c1cccnc1. The molecule has 2 aromatic heterocycles. The lowest BCUT2D eigenvalue weighted by Crippen LogP contribution is -2.27. The van der Waals surface area contributed by atoms with Crippen molar-refractivity contribution in [2.45, 2.75) is 19.9 Å². The molecule has 0 unspecified atom stereocenters. The van der Waals surface area contributed by atoms with Gasteiger partial charge in [0, 0.05) is 49.9 Å². The van der Waals surface area contributed by atoms with Gasteiger partial charge in [-0.05, 0) is 25.1 Å². The predicted molar refractivity (Wildman–Crippen MR) is 79.1 cm³/mol. The zero-order valence-corrected chi connectivity index (χ0v) is 12.2. The second kappa shape index (κ2) is 7.17. The van der Waals surface area contributed by atoms with Gasteiger partial charge in [-0.25, -0.2) is 0 Å². The Labute approximate surface area is 119 Å². The standard InChI is InChI=1S/C15H22N4O/c1-3-7-19(8-9-20)12-14-11-18(2)17-15(14)13-5-4-6-16-10-13/h4-6,10-11,20H,3,7-9,12H2,1-2H3. The fourth-order valence-electron chi connectivity index (χ4n) is 2.37. The minimum absolute atomic E-state index is 0.183. The molecule has 20 heavy (non-hydrogen) atoms. The van der Waals surface area contributed by atoms with Gasteiger partial charge in [0.1, 0.15) is 0 Å². The summed E-state index contributed by atoms with van der Waals surface area (Å²) in [6.07, 6.45) is 6.72. The fourth-order valence-corrected chi connectivity index (χ4v) is 2.37. The van der Waals surface area contributed by atoms with Crippen LogP contribution < -0.4 is 0 Å². The third-order valence-electron chi connectivity index (χ3n) is 3.19. The van der Waals surface area contributed by atoms with Crippen molar-refractivity contribution < 1.29 is 5.11 Å². The number of aryl methyl sites for hydroxylation is 1. The molecule has 0 saturated carbocycles. The highest BCUT2D eigenvalue weighted by atomic mass is 16.3. The zero-order chi connectivity index (χ0) is 14.4. The number of nitrogens with zero attached hydrogens (tertiary/aromatic N) is 4. The topological polar surface area (TPSA) is 54.2 Å². The molecule has 0 saturated heterocycles. The van der Waals surface area contributed by atoms with E-state index in [0.29, 0.717) is 6.54 Å². The van der Waals surface area contributed by atoms with Crippen molar-refractivity contribution >= 4 is 0 Å². The first-order chi connectivity index (χ1) is 9.74. The van der Waals surface area contributed by atoms with Crippen molar-refractivity contribution in [2.75, 3.05) is 19.7 Å². The van der Waals surface area contributed by atoms with Crippen LogP contribution in [0.1, 0.15) is 18.9 Å². The van der Waals surface area contributed by atoms with E-state index in [9.17, 15) is 0 Å². The van der Waals surface area contributed by atoms with E-state index in [-0.39, 0.29) is 6.61 Å². The number of aromatic nitrogens is 3. The Bertz CT molecular complexity index is 518. The minimum Gasteiger partial charge on any atom is -0.395 e. The second-order valence-electron chi connectivity index (χ2n) is 4.92. The molecule has 1 N–H and O–H groups in total. The lowest BCUT2D eigenvalue weighted by molar-refractivity contribution is 0.190. The van der Waals surface area contributed by atoms with E-state index < -0.39 is 0 Å². The highest BCUT2D eigenvalue weighted by Crippen LogP contribution is 2.22. The van der Waals surface area contributed by atoms with Crippen LogP contribution in [0.2, 0.25) is 0 Å². The number of aliphatic hydroxyl groups is 1. The first kappa shape index (κ1) is 14.7. The van der Waals surface area contributed by atoms with Crippen LogP contribution in [0, 0.1) is 0 Å². The Balaban J connectivity index is 2.23. The molecule has 108 valence electrons. The van der Waals surface area contributed by atoms with Crippen LogP contribution in [0.4, 0.5) is 0 Å². The molecule has 0 aromatic carbocycles. The Morgan fingerprint density at radius 3 is 2.85 bits per heavy atom. The normalized spacial score (nSPS) is 11.2. The summed E-state index contributed by atoms with van der Waals surface area (Å²) in [5.41, 5.74) is 3.17. The molecule has 0 fully saturated rings. The number of hydrogen-bond donors (Lipinski definition) is 1. The molecule has 2 heterocycles. The Kier molecular flexibility index (Phi) is 5.26. The predicted octanol–water partition coefficient (Wildman–Crippen LogP) is 1.69. The molecule has 2 aromatic rings. The van der Waals surface area contributed by atoms with Crippen molar-refractivity contribution in [3.63, 3.8) is 0 Å². The van der Waals surface area contributed by atoms with Gasteiger partial charge in [0.15, 0.2) is 0 Å². The van der Waals surface area contributed by atoms with Crippen molar-refractivity contribution in [2.24, 2.45) is 7.05 Å². The summed E-state index contributed by atoms with van der Waals surface area (Å²) in [5, 5.41) is 13.7. The molecule has 0 aliphatic carbocycles. The average Bonchev–Trinajstić information content (AvgIpc) is 2.81. The van der Waals surface area contributed by atoms with Crippen molar-refractivity contribution in [3.05, 3.63) is 36.3 Å². The minimum atomic E-state index is 0.183. The number of rotatable bonds is 7. The lowest BCUT2D eigenvalue weighted by Gasteiger charge is -2.20. The van der Waals surface area contributed by atoms with Crippen LogP contribution in [0.15, 0.2) is 30.7 Å². The first-order valence-electron chi connectivity index (χ1n) is 7.00. The van der Waals surface area contributed by atoms with E-state index in [1.54, 1.807) is 6.20 Å². The largest absolute Gasteiger partial charge is 0.395 e. The molecule has 0 aliphatic heterocycles. The van der Waals surface area contributed by atoms with E-state index in [2.05, 4.69) is 21.9 Å². The average molecular weight is 274 g/mol. The van der Waals surface area contributed by atoms with Gasteiger partial charge in [0.05, 0.1) is 12.3 Å². The molecule has 0 spiro atoms. The lowest BCUT2D eigenvalue weighted by atomic mass is 10.1. The highest BCUT2D eigenvalue weighted by Gasteiger charge is 2.13. The highest BCUT2D eigenvalue weighted by molar-refractivity contribution is 5.61. The third-order valence-corrected chi connectivity index (χ3v) is 3.19. The molecule has 0 bridgehead atoms. The summed E-state index contributed by atoms with van der Waals surface area (Å²) in [7, 11) is 1.93. The van der Waals surface area contributed by atoms with Crippen molar-refractivity contribution in [1.82, 2.24) is 19.7 Å². The van der Waals surface area contributed by atoms with Gasteiger partial charge in [-0.15, -0.1) is 0 Å². The third kappa shape index (κ3) is 3.65. The fraction of sp³-hybridized carbons (Fsp3) is 0.467. The molecular weight excluding hydrogens is 252 g/mol. The molecule has 5 nitrogen and oxygen atoms in total. The summed E-state index contributed by atoms with van der Waals surface area (Å²) in [6, 6.07) is 3.94. The first-order valence-corrected chi connectivity index (χ1v) is 7.00. The molecule has 0 radical (unpaired) electrons. The number of aliphatic hydroxyl groups excluding tert-OH is 1. The van der Waals surface area contributed by atoms with Crippen LogP contribution in [0.25, 0.3) is 11.3 Å². The van der Waals surface area contributed by atoms with Gasteiger partial charge < -0.3 is 5.11 Å². The summed E-state index contributed by atoms with van der Waals surface area (Å²) < 4.78 is 1.83. The van der Waals surface area contributed by atoms with Crippen LogP contribution in [-0.4, -0.2) is 44.5 Å². The molecule has 5 heteroatoms. The summed E-state index contributed by atoms with van der Waals surface area (Å²) in [6.45, 7) is 4.79. The maximum Gasteiger partial charge on any atom is 0.0983 e. The van der Waals surface area contributed by atoms with E-state index in [1.165, 1.54) is 5.56 Å². The van der Waals surface area contributed by atoms with Gasteiger partial charge in [-0.2, -0.15) is 5.10 Å². The molecule has 0 atom stereocenters.